The fourth-order valence-electron chi connectivity index (χ4n) is 2.21. The van der Waals surface area contributed by atoms with Gasteiger partial charge in [-0.05, 0) is 44.3 Å². The molecule has 0 aromatic rings. The minimum atomic E-state index is 0.443. The van der Waals surface area contributed by atoms with Gasteiger partial charge in [-0.15, -0.1) is 0 Å². The number of hydrogen-bond donors (Lipinski definition) is 2. The van der Waals surface area contributed by atoms with Gasteiger partial charge in [0.05, 0.1) is 0 Å². The summed E-state index contributed by atoms with van der Waals surface area (Å²) < 4.78 is 0. The largest absolute Gasteiger partial charge is 0.315 e. The fraction of sp³-hybridized carbons (Fsp3) is 1.00. The molecule has 0 amide bonds. The highest BCUT2D eigenvalue weighted by Gasteiger charge is 2.09. The molecular weight excluding hydrogens is 258 g/mol. The van der Waals surface area contributed by atoms with E-state index in [1.54, 1.807) is 0 Å². The summed E-state index contributed by atoms with van der Waals surface area (Å²) in [5.41, 5.74) is 0.443. The maximum absolute atomic E-state index is 3.60. The summed E-state index contributed by atoms with van der Waals surface area (Å²) in [5, 5.41) is 7.15. The van der Waals surface area contributed by atoms with Crippen molar-refractivity contribution < 1.29 is 0 Å². The summed E-state index contributed by atoms with van der Waals surface area (Å²) in [5.74, 6) is 0. The first-order valence-corrected chi connectivity index (χ1v) is 9.13. The van der Waals surface area contributed by atoms with E-state index < -0.39 is 0 Å². The number of hydrogen-bond acceptors (Lipinski definition) is 3. The van der Waals surface area contributed by atoms with E-state index in [0.29, 0.717) is 5.41 Å². The molecule has 0 unspecified atom stereocenters. The second kappa shape index (κ2) is 13.5. The molecule has 21 heavy (non-hydrogen) atoms. The zero-order valence-corrected chi connectivity index (χ0v) is 15.4. The Kier molecular flexibility index (Phi) is 13.5. The highest BCUT2D eigenvalue weighted by atomic mass is 15.1. The number of nitrogens with zero attached hydrogens (tertiary/aromatic N) is 1. The predicted molar refractivity (Wildman–Crippen MR) is 96.1 cm³/mol. The predicted octanol–water partition coefficient (Wildman–Crippen LogP) is 3.50. The molecule has 3 heteroatoms. The lowest BCUT2D eigenvalue weighted by molar-refractivity contribution is 0.265. The highest BCUT2D eigenvalue weighted by molar-refractivity contribution is 4.65. The Bertz CT molecular complexity index is 211. The summed E-state index contributed by atoms with van der Waals surface area (Å²) in [6, 6.07) is 0. The van der Waals surface area contributed by atoms with Gasteiger partial charge in [-0.25, -0.2) is 0 Å². The van der Waals surface area contributed by atoms with Crippen LogP contribution < -0.4 is 10.6 Å². The fourth-order valence-corrected chi connectivity index (χ4v) is 2.21. The molecule has 0 aliphatic carbocycles. The SMILES string of the molecule is CCCCNCCN(CCCC)CCNCCC(C)(C)C. The molecule has 0 aromatic carbocycles. The van der Waals surface area contributed by atoms with E-state index in [1.807, 2.05) is 0 Å². The molecular formula is C18H41N3. The van der Waals surface area contributed by atoms with E-state index in [9.17, 15) is 0 Å². The van der Waals surface area contributed by atoms with Gasteiger partial charge >= 0.3 is 0 Å². The molecule has 0 spiro atoms. The highest BCUT2D eigenvalue weighted by Crippen LogP contribution is 2.16. The van der Waals surface area contributed by atoms with E-state index in [0.717, 1.165) is 19.6 Å². The quantitative estimate of drug-likeness (QED) is 0.481. The summed E-state index contributed by atoms with van der Waals surface area (Å²) in [7, 11) is 0. The summed E-state index contributed by atoms with van der Waals surface area (Å²) in [6.07, 6.45) is 6.43. The van der Waals surface area contributed by atoms with Gasteiger partial charge in [0.25, 0.3) is 0 Å². The van der Waals surface area contributed by atoms with E-state index in [4.69, 9.17) is 0 Å². The van der Waals surface area contributed by atoms with Crippen molar-refractivity contribution in [3.8, 4) is 0 Å². The van der Waals surface area contributed by atoms with Crippen LogP contribution >= 0.6 is 0 Å². The van der Waals surface area contributed by atoms with Crippen molar-refractivity contribution in [1.82, 2.24) is 15.5 Å². The van der Waals surface area contributed by atoms with Crippen molar-refractivity contribution in [1.29, 1.82) is 0 Å². The minimum Gasteiger partial charge on any atom is -0.315 e. The van der Waals surface area contributed by atoms with Crippen LogP contribution in [0.15, 0.2) is 0 Å². The second-order valence-electron chi connectivity index (χ2n) is 7.36. The molecule has 0 heterocycles. The molecule has 0 fully saturated rings. The first-order valence-electron chi connectivity index (χ1n) is 9.13. The lowest BCUT2D eigenvalue weighted by Gasteiger charge is -2.23. The molecule has 128 valence electrons. The zero-order chi connectivity index (χ0) is 16.0. The van der Waals surface area contributed by atoms with E-state index in [2.05, 4.69) is 50.2 Å². The van der Waals surface area contributed by atoms with Crippen LogP contribution in [0.5, 0.6) is 0 Å². The lowest BCUT2D eigenvalue weighted by Crippen LogP contribution is -2.38. The van der Waals surface area contributed by atoms with Crippen molar-refractivity contribution in [2.75, 3.05) is 45.8 Å². The van der Waals surface area contributed by atoms with Crippen LogP contribution in [0.3, 0.4) is 0 Å². The first-order chi connectivity index (χ1) is 9.99. The van der Waals surface area contributed by atoms with Crippen LogP contribution in [-0.2, 0) is 0 Å². The van der Waals surface area contributed by atoms with E-state index in [-0.39, 0.29) is 0 Å². The Labute approximate surface area is 134 Å². The Balaban J connectivity index is 3.69. The van der Waals surface area contributed by atoms with Gasteiger partial charge in [0.1, 0.15) is 0 Å². The average Bonchev–Trinajstić information content (AvgIpc) is 2.42. The van der Waals surface area contributed by atoms with Crippen LogP contribution in [0.4, 0.5) is 0 Å². The number of nitrogens with one attached hydrogen (secondary N) is 2. The third-order valence-corrected chi connectivity index (χ3v) is 3.80. The Morgan fingerprint density at radius 1 is 0.714 bits per heavy atom. The number of rotatable bonds is 14. The van der Waals surface area contributed by atoms with Crippen LogP contribution in [-0.4, -0.2) is 50.7 Å². The molecule has 0 aliphatic heterocycles. The first kappa shape index (κ1) is 20.9. The molecule has 0 saturated heterocycles. The molecule has 2 N–H and O–H groups in total. The van der Waals surface area contributed by atoms with Crippen LogP contribution in [0.1, 0.15) is 66.7 Å². The van der Waals surface area contributed by atoms with Gasteiger partial charge in [-0.3, -0.25) is 0 Å². The Morgan fingerprint density at radius 2 is 1.29 bits per heavy atom. The van der Waals surface area contributed by atoms with Gasteiger partial charge in [-0.2, -0.15) is 0 Å². The standard InChI is InChI=1S/C18H41N3/c1-6-8-11-19-13-16-21(15-9-7-2)17-14-20-12-10-18(3,4)5/h19-20H,6-17H2,1-5H3. The number of unbranched alkanes of at least 4 members (excludes halogenated alkanes) is 2. The third kappa shape index (κ3) is 16.1. The summed E-state index contributed by atoms with van der Waals surface area (Å²) in [4.78, 5) is 2.60. The molecule has 0 radical (unpaired) electrons. The average molecular weight is 300 g/mol. The van der Waals surface area contributed by atoms with Crippen LogP contribution in [0.25, 0.3) is 0 Å². The van der Waals surface area contributed by atoms with Crippen molar-refractivity contribution in [2.24, 2.45) is 5.41 Å². The zero-order valence-electron chi connectivity index (χ0n) is 15.4. The van der Waals surface area contributed by atoms with Gasteiger partial charge in [0.2, 0.25) is 0 Å². The van der Waals surface area contributed by atoms with Gasteiger partial charge in [0.15, 0.2) is 0 Å². The molecule has 0 aromatic heterocycles. The van der Waals surface area contributed by atoms with Gasteiger partial charge in [-0.1, -0.05) is 47.5 Å². The molecule has 0 aliphatic rings. The molecule has 0 atom stereocenters. The monoisotopic (exact) mass is 299 g/mol. The summed E-state index contributed by atoms with van der Waals surface area (Å²) in [6.45, 7) is 19.6. The van der Waals surface area contributed by atoms with Crippen LogP contribution in [0, 0.1) is 5.41 Å². The Hall–Kier alpha value is -0.120. The smallest absolute Gasteiger partial charge is 0.0107 e. The third-order valence-electron chi connectivity index (χ3n) is 3.80. The maximum Gasteiger partial charge on any atom is 0.0107 e. The summed E-state index contributed by atoms with van der Waals surface area (Å²) >= 11 is 0. The van der Waals surface area contributed by atoms with Crippen molar-refractivity contribution in [3.05, 3.63) is 0 Å². The minimum absolute atomic E-state index is 0.443. The van der Waals surface area contributed by atoms with Gasteiger partial charge < -0.3 is 15.5 Å². The van der Waals surface area contributed by atoms with Crippen LogP contribution in [0.2, 0.25) is 0 Å². The molecule has 0 saturated carbocycles. The second-order valence-corrected chi connectivity index (χ2v) is 7.36. The Morgan fingerprint density at radius 3 is 1.81 bits per heavy atom. The van der Waals surface area contributed by atoms with E-state index in [1.165, 1.54) is 58.3 Å². The molecule has 3 nitrogen and oxygen atoms in total. The van der Waals surface area contributed by atoms with Crippen molar-refractivity contribution in [3.63, 3.8) is 0 Å². The topological polar surface area (TPSA) is 27.3 Å². The van der Waals surface area contributed by atoms with Gasteiger partial charge in [0, 0.05) is 26.2 Å². The normalized spacial score (nSPS) is 12.3. The maximum atomic E-state index is 3.60. The molecule has 0 bridgehead atoms. The molecule has 0 rings (SSSR count). The van der Waals surface area contributed by atoms with Crippen molar-refractivity contribution in [2.45, 2.75) is 66.7 Å². The van der Waals surface area contributed by atoms with E-state index >= 15 is 0 Å². The van der Waals surface area contributed by atoms with Crippen molar-refractivity contribution >= 4 is 0 Å². The lowest BCUT2D eigenvalue weighted by atomic mass is 9.92.